The summed E-state index contributed by atoms with van der Waals surface area (Å²) < 4.78 is 29.1. The van der Waals surface area contributed by atoms with Crippen molar-refractivity contribution in [2.75, 3.05) is 44.4 Å². The zero-order valence-electron chi connectivity index (χ0n) is 17.4. The lowest BCUT2D eigenvalue weighted by Gasteiger charge is -2.22. The van der Waals surface area contributed by atoms with Crippen LogP contribution in [0.1, 0.15) is 27.2 Å². The van der Waals surface area contributed by atoms with Crippen molar-refractivity contribution in [2.45, 2.75) is 38.0 Å². The Kier molecular flexibility index (Phi) is 9.32. The van der Waals surface area contributed by atoms with Crippen LogP contribution < -0.4 is 20.3 Å². The fraction of sp³-hybridized carbons (Fsp3) is 0.632. The lowest BCUT2D eigenvalue weighted by molar-refractivity contribution is 0.415. The van der Waals surface area contributed by atoms with Gasteiger partial charge in [0, 0.05) is 32.7 Å². The summed E-state index contributed by atoms with van der Waals surface area (Å²) in [5.74, 6) is 1.58. The first-order chi connectivity index (χ1) is 12.7. The number of rotatable bonds is 6. The molecule has 28 heavy (non-hydrogen) atoms. The van der Waals surface area contributed by atoms with Crippen LogP contribution >= 0.6 is 24.0 Å². The van der Waals surface area contributed by atoms with Gasteiger partial charge in [-0.25, -0.2) is 8.42 Å². The van der Waals surface area contributed by atoms with Crippen molar-refractivity contribution in [3.63, 3.8) is 0 Å². The summed E-state index contributed by atoms with van der Waals surface area (Å²) in [6.07, 6.45) is 0.971. The van der Waals surface area contributed by atoms with E-state index in [0.717, 1.165) is 30.9 Å². The molecule has 0 bridgehead atoms. The van der Waals surface area contributed by atoms with Gasteiger partial charge in [0.15, 0.2) is 15.8 Å². The molecule has 1 heterocycles. The smallest absolute Gasteiger partial charge is 0.191 e. The zero-order chi connectivity index (χ0) is 20.1. The molecule has 1 aromatic carbocycles. The zero-order valence-corrected chi connectivity index (χ0v) is 20.5. The number of sulfone groups is 1. The minimum atomic E-state index is -3.15. The molecule has 9 heteroatoms. The third kappa shape index (κ3) is 6.40. The number of hydrogen-bond donors (Lipinski definition) is 2. The van der Waals surface area contributed by atoms with Crippen LogP contribution in [0.4, 0.5) is 5.69 Å². The molecule has 160 valence electrons. The Morgan fingerprint density at radius 2 is 2.00 bits per heavy atom. The molecule has 0 radical (unpaired) electrons. The second kappa shape index (κ2) is 10.5. The lowest BCUT2D eigenvalue weighted by atomic mass is 10.2. The molecule has 0 amide bonds. The summed E-state index contributed by atoms with van der Waals surface area (Å²) >= 11 is 0. The van der Waals surface area contributed by atoms with Crippen molar-refractivity contribution < 1.29 is 13.2 Å². The van der Waals surface area contributed by atoms with E-state index in [1.807, 2.05) is 18.2 Å². The molecule has 2 rings (SSSR count). The van der Waals surface area contributed by atoms with Gasteiger partial charge in [-0.15, -0.1) is 24.0 Å². The topological polar surface area (TPSA) is 83.0 Å². The quantitative estimate of drug-likeness (QED) is 0.338. The second-order valence-electron chi connectivity index (χ2n) is 7.68. The molecular formula is C19H33IN4O3S. The summed E-state index contributed by atoms with van der Waals surface area (Å²) in [7, 11) is 0.229. The second-order valence-corrected chi connectivity index (χ2v) is 10.5. The van der Waals surface area contributed by atoms with E-state index in [1.54, 1.807) is 34.9 Å². The van der Waals surface area contributed by atoms with Gasteiger partial charge in [-0.1, -0.05) is 12.1 Å². The number of para-hydroxylation sites is 2. The minimum Gasteiger partial charge on any atom is -0.495 e. The predicted molar refractivity (Wildman–Crippen MR) is 127 cm³/mol. The van der Waals surface area contributed by atoms with Crippen molar-refractivity contribution >= 4 is 45.5 Å². The highest BCUT2D eigenvalue weighted by atomic mass is 127. The Bertz CT molecular complexity index is 763. The molecule has 2 N–H and O–H groups in total. The normalized spacial score (nSPS) is 17.8. The highest BCUT2D eigenvalue weighted by Gasteiger charge is 2.29. The van der Waals surface area contributed by atoms with Crippen molar-refractivity contribution in [1.82, 2.24) is 10.6 Å². The molecule has 1 aliphatic rings. The van der Waals surface area contributed by atoms with Crippen LogP contribution in [0.3, 0.4) is 0 Å². The van der Waals surface area contributed by atoms with Gasteiger partial charge in [0.05, 0.1) is 23.3 Å². The molecule has 0 spiro atoms. The lowest BCUT2D eigenvalue weighted by Crippen LogP contribution is -2.46. The molecule has 1 saturated heterocycles. The molecule has 1 aromatic rings. The highest BCUT2D eigenvalue weighted by molar-refractivity contribution is 14.0. The number of anilines is 1. The third-order valence-electron chi connectivity index (χ3n) is 4.77. The fourth-order valence-corrected chi connectivity index (χ4v) is 3.97. The van der Waals surface area contributed by atoms with Gasteiger partial charge in [-0.2, -0.15) is 0 Å². The molecule has 1 atom stereocenters. The molecule has 1 fully saturated rings. The van der Waals surface area contributed by atoms with Gasteiger partial charge in [0.2, 0.25) is 0 Å². The van der Waals surface area contributed by atoms with Crippen LogP contribution in [0, 0.1) is 0 Å². The van der Waals surface area contributed by atoms with Gasteiger partial charge < -0.3 is 20.3 Å². The van der Waals surface area contributed by atoms with E-state index in [-0.39, 0.29) is 35.8 Å². The Hall–Kier alpha value is -1.23. The van der Waals surface area contributed by atoms with Gasteiger partial charge in [0.25, 0.3) is 0 Å². The number of halogens is 1. The summed E-state index contributed by atoms with van der Waals surface area (Å²) in [5, 5.41) is 6.51. The summed E-state index contributed by atoms with van der Waals surface area (Å²) in [4.78, 5) is 6.51. The Labute approximate surface area is 186 Å². The van der Waals surface area contributed by atoms with E-state index >= 15 is 0 Å². The Balaban J connectivity index is 0.00000392. The minimum absolute atomic E-state index is 0. The first-order valence-corrected chi connectivity index (χ1v) is 10.9. The first-order valence-electron chi connectivity index (χ1n) is 9.25. The number of ether oxygens (including phenoxy) is 1. The molecule has 0 saturated carbocycles. The Morgan fingerprint density at radius 3 is 2.61 bits per heavy atom. The van der Waals surface area contributed by atoms with Crippen LogP contribution in [-0.4, -0.2) is 64.7 Å². The monoisotopic (exact) mass is 524 g/mol. The van der Waals surface area contributed by atoms with E-state index in [4.69, 9.17) is 4.74 Å². The summed E-state index contributed by atoms with van der Waals surface area (Å²) in [6.45, 7) is 7.26. The largest absolute Gasteiger partial charge is 0.495 e. The maximum Gasteiger partial charge on any atom is 0.191 e. The first kappa shape index (κ1) is 24.8. The maximum absolute atomic E-state index is 12.2. The molecule has 7 nitrogen and oxygen atoms in total. The highest BCUT2D eigenvalue weighted by Crippen LogP contribution is 2.30. The number of nitrogens with zero attached hydrogens (tertiary/aromatic N) is 2. The Morgan fingerprint density at radius 1 is 1.32 bits per heavy atom. The number of methoxy groups -OCH3 is 1. The van der Waals surface area contributed by atoms with E-state index in [2.05, 4.69) is 26.6 Å². The van der Waals surface area contributed by atoms with Crippen molar-refractivity contribution in [1.29, 1.82) is 0 Å². The molecular weight excluding hydrogens is 491 g/mol. The van der Waals surface area contributed by atoms with Gasteiger partial charge >= 0.3 is 0 Å². The standard InChI is InChI=1S/C19H32N4O3S.HI/c1-19(2,3)27(24,25)13-11-21-18(20-4)22-15-10-12-23(14-15)16-8-6-7-9-17(16)26-5;/h6-9,15H,10-14H2,1-5H3,(H2,20,21,22);1H. The van der Waals surface area contributed by atoms with E-state index in [9.17, 15) is 8.42 Å². The fourth-order valence-electron chi connectivity index (χ4n) is 2.99. The van der Waals surface area contributed by atoms with E-state index < -0.39 is 14.6 Å². The maximum atomic E-state index is 12.2. The molecule has 0 aromatic heterocycles. The molecule has 1 unspecified atom stereocenters. The van der Waals surface area contributed by atoms with Crippen LogP contribution in [0.15, 0.2) is 29.3 Å². The number of nitrogens with one attached hydrogen (secondary N) is 2. The number of guanidine groups is 1. The SMILES string of the molecule is CN=C(NCCS(=O)(=O)C(C)(C)C)NC1CCN(c2ccccc2OC)C1.I. The number of aliphatic imine (C=N–C) groups is 1. The average Bonchev–Trinajstić information content (AvgIpc) is 3.08. The number of benzene rings is 1. The summed E-state index contributed by atoms with van der Waals surface area (Å²) in [5.41, 5.74) is 1.09. The van der Waals surface area contributed by atoms with Crippen molar-refractivity contribution in [2.24, 2.45) is 4.99 Å². The molecule has 0 aliphatic carbocycles. The van der Waals surface area contributed by atoms with E-state index in [1.165, 1.54) is 0 Å². The van der Waals surface area contributed by atoms with E-state index in [0.29, 0.717) is 12.5 Å². The molecule has 1 aliphatic heterocycles. The van der Waals surface area contributed by atoms with Gasteiger partial charge in [-0.05, 0) is 39.3 Å². The van der Waals surface area contributed by atoms with Crippen LogP contribution in [-0.2, 0) is 9.84 Å². The van der Waals surface area contributed by atoms with Crippen LogP contribution in [0.5, 0.6) is 5.75 Å². The summed E-state index contributed by atoms with van der Waals surface area (Å²) in [6, 6.07) is 8.23. The average molecular weight is 524 g/mol. The van der Waals surface area contributed by atoms with Gasteiger partial charge in [0.1, 0.15) is 5.75 Å². The third-order valence-corrected chi connectivity index (χ3v) is 7.38. The van der Waals surface area contributed by atoms with Crippen LogP contribution in [0.25, 0.3) is 0 Å². The van der Waals surface area contributed by atoms with Gasteiger partial charge in [-0.3, -0.25) is 4.99 Å². The number of hydrogen-bond acceptors (Lipinski definition) is 5. The van der Waals surface area contributed by atoms with Crippen molar-refractivity contribution in [3.05, 3.63) is 24.3 Å². The van der Waals surface area contributed by atoms with Crippen molar-refractivity contribution in [3.8, 4) is 5.75 Å². The van der Waals surface area contributed by atoms with Crippen LogP contribution in [0.2, 0.25) is 0 Å². The predicted octanol–water partition coefficient (Wildman–Crippen LogP) is 2.27.